The Morgan fingerprint density at radius 2 is 1.42 bits per heavy atom. The second-order valence-electron chi connectivity index (χ2n) is 20.7. The smallest absolute Gasteiger partial charge is 0.273 e. The van der Waals surface area contributed by atoms with Crippen molar-refractivity contribution < 1.29 is 19.5 Å². The molecular weight excluding hydrogens is 809 g/mol. The number of amides is 3. The summed E-state index contributed by atoms with van der Waals surface area (Å²) < 4.78 is 0. The number of benzene rings is 4. The summed E-state index contributed by atoms with van der Waals surface area (Å²) in [5, 5.41) is 16.9. The minimum atomic E-state index is -0.319. The molecule has 5 aliphatic heterocycles. The molecule has 65 heavy (non-hydrogen) atoms. The topological polar surface area (TPSA) is 99.7 Å². The van der Waals surface area contributed by atoms with Gasteiger partial charge < -0.3 is 15.3 Å². The number of phenolic OH excluding ortho intramolecular Hbond substituents is 1. The van der Waals surface area contributed by atoms with Crippen LogP contribution in [0.2, 0.25) is 0 Å². The van der Waals surface area contributed by atoms with Gasteiger partial charge in [0.25, 0.3) is 5.91 Å². The van der Waals surface area contributed by atoms with Crippen molar-refractivity contribution in [1.82, 2.24) is 25.1 Å². The maximum Gasteiger partial charge on any atom is 0.273 e. The Balaban J connectivity index is 0.717. The Kier molecular flexibility index (Phi) is 11.6. The summed E-state index contributed by atoms with van der Waals surface area (Å²) in [6, 6.07) is 35.2. The Morgan fingerprint density at radius 1 is 0.692 bits per heavy atom. The number of hydrazine groups is 1. The first-order valence-corrected chi connectivity index (χ1v) is 25.0. The van der Waals surface area contributed by atoms with Gasteiger partial charge in [0, 0.05) is 99.9 Å². The van der Waals surface area contributed by atoms with Gasteiger partial charge in [0.2, 0.25) is 11.8 Å². The third-order valence-corrected chi connectivity index (χ3v) is 17.2. The molecule has 0 bridgehead atoms. The molecule has 2 aliphatic carbocycles. The van der Waals surface area contributed by atoms with Crippen LogP contribution in [0.15, 0.2) is 97.1 Å². The standard InChI is InChI=1S/C55H66N6O4/c1-55(35-48-47(36-56-48)53-45-12-5-6-13-46(45)54(65)61(53)60-50(63)15-9-16-51(60)64)27-8-7-14-49(55)59-32-30-58(31-33-59)41-25-28-57(29-26-41)40-20-17-38(18-21-40)52-43(37-10-3-2-4-11-37)23-19-39-34-42(62)22-24-44(39)52/h2-6,10-13,17-18,20-22,24,34,41,43,47-49,52-53,56,62H,7-9,14-16,19,23,25-33,35-36H2,1H3/t43-,47?,48-,49?,52+,53?,55-/m1/s1. The maximum absolute atomic E-state index is 14.0. The van der Waals surface area contributed by atoms with E-state index in [1.807, 2.05) is 36.4 Å². The maximum atomic E-state index is 14.0. The van der Waals surface area contributed by atoms with E-state index in [1.165, 1.54) is 71.5 Å². The van der Waals surface area contributed by atoms with Gasteiger partial charge in [-0.3, -0.25) is 24.2 Å². The molecule has 2 N–H and O–H groups in total. The van der Waals surface area contributed by atoms with Crippen LogP contribution in [0.5, 0.6) is 5.75 Å². The van der Waals surface area contributed by atoms with E-state index in [9.17, 15) is 19.5 Å². The Hall–Kier alpha value is -5.03. The Labute approximate surface area is 384 Å². The van der Waals surface area contributed by atoms with E-state index in [0.29, 0.717) is 48.6 Å². The average molecular weight is 875 g/mol. The highest BCUT2D eigenvalue weighted by atomic mass is 16.3. The quantitative estimate of drug-likeness (QED) is 0.162. The zero-order valence-corrected chi connectivity index (χ0v) is 38.1. The average Bonchev–Trinajstić information content (AvgIpc) is 3.60. The van der Waals surface area contributed by atoms with Gasteiger partial charge in [0.15, 0.2) is 0 Å². The van der Waals surface area contributed by atoms with Crippen LogP contribution in [0.25, 0.3) is 0 Å². The lowest BCUT2D eigenvalue weighted by Gasteiger charge is -2.55. The summed E-state index contributed by atoms with van der Waals surface area (Å²) in [5.41, 5.74) is 8.38. The summed E-state index contributed by atoms with van der Waals surface area (Å²) in [5.74, 6) is 0.416. The normalized spacial score (nSPS) is 30.3. The minimum absolute atomic E-state index is 0.128. The van der Waals surface area contributed by atoms with Gasteiger partial charge in [-0.2, -0.15) is 5.01 Å². The molecule has 7 aliphatic rings. The molecule has 340 valence electrons. The van der Waals surface area contributed by atoms with Gasteiger partial charge >= 0.3 is 0 Å². The van der Waals surface area contributed by atoms with Crippen molar-refractivity contribution in [2.45, 2.75) is 120 Å². The van der Waals surface area contributed by atoms with Crippen molar-refractivity contribution in [3.05, 3.63) is 130 Å². The van der Waals surface area contributed by atoms with Crippen molar-refractivity contribution in [3.8, 4) is 5.75 Å². The fourth-order valence-electron chi connectivity index (χ4n) is 13.7. The van der Waals surface area contributed by atoms with Gasteiger partial charge in [-0.1, -0.05) is 86.5 Å². The number of aryl methyl sites for hydroxylation is 1. The third kappa shape index (κ3) is 7.87. The molecule has 4 aromatic rings. The molecule has 10 nitrogen and oxygen atoms in total. The second kappa shape index (κ2) is 17.6. The van der Waals surface area contributed by atoms with Crippen LogP contribution < -0.4 is 10.2 Å². The molecule has 5 fully saturated rings. The van der Waals surface area contributed by atoms with Crippen molar-refractivity contribution in [2.24, 2.45) is 11.3 Å². The third-order valence-electron chi connectivity index (χ3n) is 17.2. The fourth-order valence-corrected chi connectivity index (χ4v) is 13.7. The van der Waals surface area contributed by atoms with E-state index in [2.05, 4.69) is 87.6 Å². The first-order valence-electron chi connectivity index (χ1n) is 25.0. The van der Waals surface area contributed by atoms with Crippen LogP contribution in [-0.4, -0.2) is 107 Å². The van der Waals surface area contributed by atoms with Crippen LogP contribution >= 0.6 is 0 Å². The summed E-state index contributed by atoms with van der Waals surface area (Å²) in [7, 11) is 0. The number of piperazine rings is 1. The molecule has 3 unspecified atom stereocenters. The van der Waals surface area contributed by atoms with E-state index in [1.54, 1.807) is 5.01 Å². The number of anilines is 1. The van der Waals surface area contributed by atoms with Gasteiger partial charge in [-0.25, -0.2) is 5.01 Å². The number of nitrogens with zero attached hydrogens (tertiary/aromatic N) is 5. The van der Waals surface area contributed by atoms with Crippen molar-refractivity contribution in [2.75, 3.05) is 50.7 Å². The number of nitrogens with one attached hydrogen (secondary N) is 1. The summed E-state index contributed by atoms with van der Waals surface area (Å²) in [6.07, 6.45) is 11.5. The van der Waals surface area contributed by atoms with E-state index in [-0.39, 0.29) is 47.1 Å². The number of phenols is 1. The molecule has 11 rings (SSSR count). The first kappa shape index (κ1) is 42.6. The zero-order chi connectivity index (χ0) is 44.2. The van der Waals surface area contributed by atoms with Gasteiger partial charge in [0.05, 0.1) is 6.04 Å². The van der Waals surface area contributed by atoms with Gasteiger partial charge in [-0.05, 0) is 121 Å². The van der Waals surface area contributed by atoms with Gasteiger partial charge in [-0.15, -0.1) is 0 Å². The monoisotopic (exact) mass is 875 g/mol. The second-order valence-corrected chi connectivity index (χ2v) is 20.7. The number of hydrogen-bond donors (Lipinski definition) is 2. The van der Waals surface area contributed by atoms with E-state index >= 15 is 0 Å². The molecule has 10 heteroatoms. The van der Waals surface area contributed by atoms with Crippen LogP contribution in [0.3, 0.4) is 0 Å². The molecular formula is C55H66N6O4. The zero-order valence-electron chi connectivity index (χ0n) is 38.1. The lowest BCUT2D eigenvalue weighted by Crippen LogP contribution is -2.64. The predicted octanol–water partition coefficient (Wildman–Crippen LogP) is 8.42. The van der Waals surface area contributed by atoms with Crippen molar-refractivity contribution in [3.63, 3.8) is 0 Å². The highest BCUT2D eigenvalue weighted by Gasteiger charge is 2.54. The Morgan fingerprint density at radius 3 is 2.15 bits per heavy atom. The van der Waals surface area contributed by atoms with Crippen LogP contribution in [-0.2, 0) is 16.0 Å². The highest BCUT2D eigenvalue weighted by Crippen LogP contribution is 2.50. The van der Waals surface area contributed by atoms with E-state index < -0.39 is 0 Å². The molecule has 3 amide bonds. The van der Waals surface area contributed by atoms with E-state index in [4.69, 9.17) is 0 Å². The summed E-state index contributed by atoms with van der Waals surface area (Å²) >= 11 is 0. The predicted molar refractivity (Wildman–Crippen MR) is 254 cm³/mol. The molecule has 0 spiro atoms. The molecule has 0 aromatic heterocycles. The molecule has 4 aromatic carbocycles. The SMILES string of the molecule is C[C@]1(C[C@H]2NCC2C2c3ccccc3C(=O)N2N2C(=O)CCCC2=O)CCCCC1N1CCN(C2CCN(c3ccc([C@@H]4c5ccc(O)cc5CC[C@@H]4c4ccccc4)cc3)CC2)CC1. The summed E-state index contributed by atoms with van der Waals surface area (Å²) in [4.78, 5) is 48.7. The molecule has 1 saturated carbocycles. The van der Waals surface area contributed by atoms with Crippen molar-refractivity contribution in [1.29, 1.82) is 0 Å². The fraction of sp³-hybridized carbons (Fsp3) is 0.509. The van der Waals surface area contributed by atoms with Crippen molar-refractivity contribution >= 4 is 23.4 Å². The van der Waals surface area contributed by atoms with Crippen LogP contribution in [0, 0.1) is 11.3 Å². The molecule has 7 atom stereocenters. The number of piperidine rings is 2. The number of imide groups is 1. The summed E-state index contributed by atoms with van der Waals surface area (Å²) in [6.45, 7) is 9.89. The van der Waals surface area contributed by atoms with E-state index in [0.717, 1.165) is 70.6 Å². The molecule has 0 radical (unpaired) electrons. The number of fused-ring (bicyclic) bond motifs is 2. The molecule has 4 saturated heterocycles. The lowest BCUT2D eigenvalue weighted by atomic mass is 9.64. The number of rotatable bonds is 9. The molecule has 5 heterocycles. The van der Waals surface area contributed by atoms with Gasteiger partial charge in [0.1, 0.15) is 5.75 Å². The number of aromatic hydroxyl groups is 1. The lowest BCUT2D eigenvalue weighted by molar-refractivity contribution is -0.169. The Bertz CT molecular complexity index is 2380. The first-order chi connectivity index (χ1) is 31.7. The number of carbonyl (C=O) groups is 3. The largest absolute Gasteiger partial charge is 0.508 e. The number of carbonyl (C=O) groups excluding carboxylic acids is 3. The van der Waals surface area contributed by atoms with Crippen LogP contribution in [0.4, 0.5) is 5.69 Å². The highest BCUT2D eigenvalue weighted by molar-refractivity contribution is 6.05. The number of hydrogen-bond acceptors (Lipinski definition) is 8. The van der Waals surface area contributed by atoms with Crippen LogP contribution in [0.1, 0.15) is 134 Å². The minimum Gasteiger partial charge on any atom is -0.508 e.